The Labute approximate surface area is 175 Å². The van der Waals surface area contributed by atoms with Crippen LogP contribution in [0.15, 0.2) is 0 Å². The van der Waals surface area contributed by atoms with Crippen molar-refractivity contribution in [2.24, 2.45) is 0 Å². The van der Waals surface area contributed by atoms with Gasteiger partial charge in [0, 0.05) is 6.54 Å². The average molecular weight is 403 g/mol. The molecule has 5 nitrogen and oxygen atoms in total. The van der Waals surface area contributed by atoms with E-state index in [1.165, 1.54) is 89.9 Å². The fourth-order valence-electron chi connectivity index (χ4n) is 3.94. The topological polar surface area (TPSA) is 67.2 Å². The molecule has 0 spiro atoms. The minimum atomic E-state index is -0.448. The van der Waals surface area contributed by atoms with Crippen molar-refractivity contribution in [3.63, 3.8) is 0 Å². The second-order valence-corrected chi connectivity index (χ2v) is 8.48. The van der Waals surface area contributed by atoms with E-state index in [2.05, 4.69) is 6.92 Å². The molecule has 2 atom stereocenters. The summed E-state index contributed by atoms with van der Waals surface area (Å²) in [6, 6.07) is -0.743. The highest BCUT2D eigenvalue weighted by Gasteiger charge is 2.25. The van der Waals surface area contributed by atoms with Crippen LogP contribution in [0.3, 0.4) is 0 Å². The first-order valence-corrected chi connectivity index (χ1v) is 12.2. The Morgan fingerprint density at radius 2 is 0.929 bits per heavy atom. The molecule has 0 aromatic rings. The molecular weight excluding hydrogens is 352 g/mol. The monoisotopic (exact) mass is 402 g/mol. The number of hydrogen-bond donors (Lipinski definition) is 3. The zero-order valence-corrected chi connectivity index (χ0v) is 19.1. The summed E-state index contributed by atoms with van der Waals surface area (Å²) in [5.41, 5.74) is 0. The summed E-state index contributed by atoms with van der Waals surface area (Å²) in [6.45, 7) is 6.42. The van der Waals surface area contributed by atoms with Crippen LogP contribution >= 0.6 is 0 Å². The molecule has 5 heteroatoms. The molecule has 2 unspecified atom stereocenters. The maximum absolute atomic E-state index is 9.77. The Bertz CT molecular complexity index is 316. The molecule has 0 saturated heterocycles. The van der Waals surface area contributed by atoms with E-state index in [1.54, 1.807) is 0 Å². The zero-order chi connectivity index (χ0) is 21.0. The van der Waals surface area contributed by atoms with E-state index < -0.39 is 6.04 Å². The van der Waals surface area contributed by atoms with Crippen molar-refractivity contribution in [3.8, 4) is 0 Å². The fourth-order valence-corrected chi connectivity index (χ4v) is 3.94. The quantitative estimate of drug-likeness (QED) is 0.140. The number of rotatable bonds is 21. The van der Waals surface area contributed by atoms with Crippen LogP contribution in [0.4, 0.5) is 0 Å². The lowest BCUT2D eigenvalue weighted by atomic mass is 10.0. The van der Waals surface area contributed by atoms with Crippen molar-refractivity contribution in [3.05, 3.63) is 0 Å². The van der Waals surface area contributed by atoms with Gasteiger partial charge >= 0.3 is 0 Å². The van der Waals surface area contributed by atoms with Crippen molar-refractivity contribution in [2.45, 2.75) is 142 Å². The van der Waals surface area contributed by atoms with Crippen LogP contribution in [0, 0.1) is 0 Å². The third-order valence-electron chi connectivity index (χ3n) is 6.00. The van der Waals surface area contributed by atoms with Gasteiger partial charge in [-0.3, -0.25) is 10.4 Å². The summed E-state index contributed by atoms with van der Waals surface area (Å²) in [4.78, 5) is 0. The summed E-state index contributed by atoms with van der Waals surface area (Å²) in [5, 5.41) is 30.0. The van der Waals surface area contributed by atoms with Gasteiger partial charge in [0.25, 0.3) is 0 Å². The highest BCUT2D eigenvalue weighted by Crippen LogP contribution is 2.17. The molecule has 0 aliphatic carbocycles. The summed E-state index contributed by atoms with van der Waals surface area (Å²) >= 11 is 0. The van der Waals surface area contributed by atoms with Gasteiger partial charge in [-0.05, 0) is 13.3 Å². The normalized spacial score (nSPS) is 14.1. The third-order valence-corrected chi connectivity index (χ3v) is 6.00. The van der Waals surface area contributed by atoms with Crippen molar-refractivity contribution in [1.29, 1.82) is 0 Å². The van der Waals surface area contributed by atoms with E-state index in [0.29, 0.717) is 13.0 Å². The van der Waals surface area contributed by atoms with E-state index in [-0.39, 0.29) is 11.3 Å². The van der Waals surface area contributed by atoms with Gasteiger partial charge < -0.3 is 5.21 Å². The predicted octanol–water partition coefficient (Wildman–Crippen LogP) is 7.19. The maximum atomic E-state index is 9.77. The third kappa shape index (κ3) is 15.7. The molecule has 0 amide bonds. The molecule has 0 fully saturated rings. The lowest BCUT2D eigenvalue weighted by Gasteiger charge is -2.31. The van der Waals surface area contributed by atoms with E-state index in [4.69, 9.17) is 0 Å². The number of likely N-dealkylation sites (N-methyl/N-ethyl adjacent to an activating group) is 1. The lowest BCUT2D eigenvalue weighted by molar-refractivity contribution is -0.347. The van der Waals surface area contributed by atoms with Gasteiger partial charge in [0.2, 0.25) is 0 Å². The highest BCUT2D eigenvalue weighted by molar-refractivity contribution is 4.74. The summed E-state index contributed by atoms with van der Waals surface area (Å²) in [5.74, 6) is 0. The Kier molecular flexibility index (Phi) is 19.9. The van der Waals surface area contributed by atoms with Gasteiger partial charge in [-0.25, -0.2) is 0 Å². The number of hydrogen-bond acceptors (Lipinski definition) is 5. The molecular formula is C23H50N2O3. The summed E-state index contributed by atoms with van der Waals surface area (Å²) in [7, 11) is 0. The molecule has 3 N–H and O–H groups in total. The molecule has 0 aliphatic heterocycles. The van der Waals surface area contributed by atoms with Gasteiger partial charge in [0.05, 0.1) is 12.1 Å². The number of unbranched alkanes of at least 4 members (excludes halogenated alkanes) is 15. The van der Waals surface area contributed by atoms with Crippen LogP contribution in [0.25, 0.3) is 0 Å². The Morgan fingerprint density at radius 1 is 0.571 bits per heavy atom. The second-order valence-electron chi connectivity index (χ2n) is 8.48. The number of hydroxylamine groups is 4. The van der Waals surface area contributed by atoms with Crippen LogP contribution < -0.4 is 0 Å². The Morgan fingerprint density at radius 3 is 1.25 bits per heavy atom. The van der Waals surface area contributed by atoms with Crippen molar-refractivity contribution in [2.75, 3.05) is 6.54 Å². The zero-order valence-electron chi connectivity index (χ0n) is 19.1. The molecule has 0 radical (unpaired) electrons. The van der Waals surface area contributed by atoms with Crippen molar-refractivity contribution < 1.29 is 15.6 Å². The fraction of sp³-hybridized carbons (Fsp3) is 1.00. The standard InChI is InChI=1S/C23H50N2O3/c1-4-6-7-8-9-10-11-12-13-14-15-16-17-18-19-20-21-23(25(27)28)22(3)24(26)5-2/h22-23,26-28H,4-21H2,1-3H3. The van der Waals surface area contributed by atoms with Crippen LogP contribution in [-0.2, 0) is 0 Å². The van der Waals surface area contributed by atoms with Gasteiger partial charge in [-0.15, -0.1) is 0 Å². The summed E-state index contributed by atoms with van der Waals surface area (Å²) in [6.07, 6.45) is 22.0. The molecule has 0 bridgehead atoms. The van der Waals surface area contributed by atoms with Crippen molar-refractivity contribution >= 4 is 0 Å². The minimum absolute atomic E-state index is 0.273. The molecule has 0 rings (SSSR count). The minimum Gasteiger partial charge on any atom is -0.314 e. The first-order valence-electron chi connectivity index (χ1n) is 12.2. The molecule has 0 aromatic heterocycles. The van der Waals surface area contributed by atoms with Crippen LogP contribution in [0.1, 0.15) is 130 Å². The maximum Gasteiger partial charge on any atom is 0.0799 e. The first-order chi connectivity index (χ1) is 13.5. The second kappa shape index (κ2) is 20.1. The molecule has 170 valence electrons. The SMILES string of the molecule is CCCCCCCCCCCCCCCCCCC(C(C)N(O)CC)N(O)O. The smallest absolute Gasteiger partial charge is 0.0799 e. The first kappa shape index (κ1) is 27.8. The van der Waals surface area contributed by atoms with E-state index in [1.807, 2.05) is 13.8 Å². The van der Waals surface area contributed by atoms with Crippen LogP contribution in [0.5, 0.6) is 0 Å². The average Bonchev–Trinajstić information content (AvgIpc) is 2.69. The Balaban J connectivity index is 3.42. The van der Waals surface area contributed by atoms with Gasteiger partial charge in [0.1, 0.15) is 0 Å². The molecule has 0 saturated carbocycles. The largest absolute Gasteiger partial charge is 0.314 e. The summed E-state index contributed by atoms with van der Waals surface area (Å²) < 4.78 is 0. The van der Waals surface area contributed by atoms with Gasteiger partial charge in [-0.2, -0.15) is 5.06 Å². The van der Waals surface area contributed by atoms with E-state index >= 15 is 0 Å². The number of nitrogens with zero attached hydrogens (tertiary/aromatic N) is 2. The highest BCUT2D eigenvalue weighted by atomic mass is 16.8. The van der Waals surface area contributed by atoms with Gasteiger partial charge in [0.15, 0.2) is 0 Å². The molecule has 28 heavy (non-hydrogen) atoms. The van der Waals surface area contributed by atoms with Crippen LogP contribution in [0.2, 0.25) is 0 Å². The molecule has 0 heterocycles. The van der Waals surface area contributed by atoms with Gasteiger partial charge in [-0.1, -0.05) is 122 Å². The Hall–Kier alpha value is -0.200. The lowest BCUT2D eigenvalue weighted by Crippen LogP contribution is -2.47. The van der Waals surface area contributed by atoms with E-state index in [9.17, 15) is 15.6 Å². The van der Waals surface area contributed by atoms with Crippen molar-refractivity contribution in [1.82, 2.24) is 10.3 Å². The van der Waals surface area contributed by atoms with Crippen LogP contribution in [-0.4, -0.2) is 44.5 Å². The molecule has 0 aliphatic rings. The predicted molar refractivity (Wildman–Crippen MR) is 117 cm³/mol. The molecule has 0 aromatic carbocycles. The van der Waals surface area contributed by atoms with E-state index in [0.717, 1.165) is 17.9 Å².